The van der Waals surface area contributed by atoms with Crippen LogP contribution >= 0.6 is 11.3 Å². The first-order valence-electron chi connectivity index (χ1n) is 12.3. The number of nitrogens with zero attached hydrogens (tertiary/aromatic N) is 4. The molecule has 0 aliphatic carbocycles. The molecule has 1 saturated heterocycles. The summed E-state index contributed by atoms with van der Waals surface area (Å²) in [5.41, 5.74) is 2.50. The Labute approximate surface area is 218 Å². The highest BCUT2D eigenvalue weighted by molar-refractivity contribution is 7.07. The molecule has 37 heavy (non-hydrogen) atoms. The van der Waals surface area contributed by atoms with Crippen molar-refractivity contribution in [2.75, 3.05) is 56.8 Å². The minimum atomic E-state index is -0.644. The van der Waals surface area contributed by atoms with Crippen molar-refractivity contribution < 1.29 is 18.7 Å². The summed E-state index contributed by atoms with van der Waals surface area (Å²) in [7, 11) is 3.93. The van der Waals surface area contributed by atoms with Gasteiger partial charge in [-0.3, -0.25) is 9.36 Å². The third kappa shape index (κ3) is 4.86. The van der Waals surface area contributed by atoms with E-state index in [2.05, 4.69) is 9.89 Å². The maximum absolute atomic E-state index is 13.7. The van der Waals surface area contributed by atoms with Gasteiger partial charge < -0.3 is 23.7 Å². The van der Waals surface area contributed by atoms with Gasteiger partial charge in [0.1, 0.15) is 5.76 Å². The normalized spacial score (nSPS) is 18.0. The van der Waals surface area contributed by atoms with E-state index in [0.717, 1.165) is 30.2 Å². The molecule has 194 valence electrons. The molecule has 0 bridgehead atoms. The second-order valence-corrected chi connectivity index (χ2v) is 10.1. The van der Waals surface area contributed by atoms with Gasteiger partial charge in [-0.25, -0.2) is 9.79 Å². The molecule has 0 radical (unpaired) electrons. The zero-order valence-corrected chi connectivity index (χ0v) is 22.2. The van der Waals surface area contributed by atoms with Crippen molar-refractivity contribution >= 4 is 35.0 Å². The van der Waals surface area contributed by atoms with Crippen molar-refractivity contribution in [3.63, 3.8) is 0 Å². The first kappa shape index (κ1) is 25.0. The molecule has 0 amide bonds. The summed E-state index contributed by atoms with van der Waals surface area (Å²) < 4.78 is 18.9. The van der Waals surface area contributed by atoms with Crippen LogP contribution in [0, 0.1) is 0 Å². The molecule has 9 nitrogen and oxygen atoms in total. The van der Waals surface area contributed by atoms with Gasteiger partial charge in [0.15, 0.2) is 10.7 Å². The molecule has 2 aromatic heterocycles. The third-order valence-electron chi connectivity index (χ3n) is 6.45. The van der Waals surface area contributed by atoms with E-state index in [1.54, 1.807) is 24.5 Å². The quantitative estimate of drug-likeness (QED) is 0.459. The number of anilines is 2. The predicted molar refractivity (Wildman–Crippen MR) is 143 cm³/mol. The lowest BCUT2D eigenvalue weighted by molar-refractivity contribution is -0.139. The van der Waals surface area contributed by atoms with Crippen LogP contribution in [0.5, 0.6) is 0 Å². The Hall–Kier alpha value is -3.63. The highest BCUT2D eigenvalue weighted by Gasteiger charge is 2.33. The van der Waals surface area contributed by atoms with E-state index in [-0.39, 0.29) is 12.2 Å². The molecule has 1 atom stereocenters. The van der Waals surface area contributed by atoms with Crippen molar-refractivity contribution in [3.8, 4) is 0 Å². The number of carbonyl (C=O) groups is 1. The van der Waals surface area contributed by atoms with Gasteiger partial charge in [-0.2, -0.15) is 0 Å². The summed E-state index contributed by atoms with van der Waals surface area (Å²) in [4.78, 5) is 36.1. The van der Waals surface area contributed by atoms with Crippen molar-refractivity contribution in [2.45, 2.75) is 19.9 Å². The number of hydrogen-bond acceptors (Lipinski definition) is 9. The average molecular weight is 523 g/mol. The van der Waals surface area contributed by atoms with Gasteiger partial charge in [0.25, 0.3) is 5.56 Å². The Morgan fingerprint density at radius 2 is 1.92 bits per heavy atom. The Balaban J connectivity index is 1.60. The molecule has 0 N–H and O–H groups in total. The molecular weight excluding hydrogens is 492 g/mol. The standard InChI is InChI=1S/C27H30N4O5S/c1-5-35-26(33)23-17(2)28-27-31(24(23)18-6-8-19(9-7-18)29(3)4)25(32)21(37-27)16-20-10-11-22(36-20)30-12-14-34-15-13-30/h6-11,16,24H,5,12-15H2,1-4H3/t24-/m0/s1. The fourth-order valence-corrected chi connectivity index (χ4v) is 5.59. The lowest BCUT2D eigenvalue weighted by Gasteiger charge is -2.26. The summed E-state index contributed by atoms with van der Waals surface area (Å²) >= 11 is 1.28. The zero-order valence-electron chi connectivity index (χ0n) is 21.4. The molecule has 10 heteroatoms. The number of morpholine rings is 1. The van der Waals surface area contributed by atoms with Gasteiger partial charge >= 0.3 is 5.97 Å². The Bertz CT molecular complexity index is 1510. The van der Waals surface area contributed by atoms with Crippen LogP contribution in [0.1, 0.15) is 31.2 Å². The lowest BCUT2D eigenvalue weighted by Crippen LogP contribution is -2.39. The van der Waals surface area contributed by atoms with E-state index in [1.165, 1.54) is 11.3 Å². The number of esters is 1. The molecule has 4 heterocycles. The fraction of sp³-hybridized carbons (Fsp3) is 0.370. The van der Waals surface area contributed by atoms with Crippen LogP contribution in [0.4, 0.5) is 11.6 Å². The predicted octanol–water partition coefficient (Wildman–Crippen LogP) is 2.29. The van der Waals surface area contributed by atoms with Gasteiger partial charge in [-0.05, 0) is 37.6 Å². The van der Waals surface area contributed by atoms with Gasteiger partial charge in [-0.1, -0.05) is 23.5 Å². The number of allylic oxidation sites excluding steroid dienone is 1. The largest absolute Gasteiger partial charge is 0.463 e. The van der Waals surface area contributed by atoms with Crippen LogP contribution in [0.15, 0.2) is 61.9 Å². The number of hydrogen-bond donors (Lipinski definition) is 0. The maximum atomic E-state index is 13.7. The van der Waals surface area contributed by atoms with E-state index in [1.807, 2.05) is 55.4 Å². The molecule has 2 aliphatic rings. The molecule has 0 saturated carbocycles. The van der Waals surface area contributed by atoms with Gasteiger partial charge in [0, 0.05) is 45.0 Å². The highest BCUT2D eigenvalue weighted by atomic mass is 32.1. The van der Waals surface area contributed by atoms with Crippen LogP contribution in [0.2, 0.25) is 0 Å². The van der Waals surface area contributed by atoms with Crippen molar-refractivity contribution in [1.29, 1.82) is 0 Å². The Morgan fingerprint density at radius 3 is 2.59 bits per heavy atom. The highest BCUT2D eigenvalue weighted by Crippen LogP contribution is 2.31. The number of carbonyl (C=O) groups excluding carboxylic acids is 1. The average Bonchev–Trinajstić information content (AvgIpc) is 3.48. The number of fused-ring (bicyclic) bond motifs is 1. The second kappa shape index (κ2) is 10.4. The van der Waals surface area contributed by atoms with E-state index in [9.17, 15) is 9.59 Å². The van der Waals surface area contributed by atoms with Gasteiger partial charge in [-0.15, -0.1) is 0 Å². The van der Waals surface area contributed by atoms with Crippen molar-refractivity contribution in [3.05, 3.63) is 78.7 Å². The molecule has 0 unspecified atom stereocenters. The third-order valence-corrected chi connectivity index (χ3v) is 7.43. The van der Waals surface area contributed by atoms with E-state index in [4.69, 9.17) is 13.9 Å². The first-order valence-corrected chi connectivity index (χ1v) is 13.1. The number of benzene rings is 1. The van der Waals surface area contributed by atoms with Crippen LogP contribution in [-0.4, -0.2) is 57.5 Å². The molecule has 3 aromatic rings. The van der Waals surface area contributed by atoms with Crippen molar-refractivity contribution in [2.24, 2.45) is 4.99 Å². The minimum Gasteiger partial charge on any atom is -0.463 e. The van der Waals surface area contributed by atoms with Crippen LogP contribution in [0.3, 0.4) is 0 Å². The van der Waals surface area contributed by atoms with Crippen molar-refractivity contribution in [1.82, 2.24) is 4.57 Å². The summed E-state index contributed by atoms with van der Waals surface area (Å²) in [5, 5.41) is 0. The summed E-state index contributed by atoms with van der Waals surface area (Å²) in [6.07, 6.45) is 1.74. The topological polar surface area (TPSA) is 89.5 Å². The molecule has 0 spiro atoms. The minimum absolute atomic E-state index is 0.232. The second-order valence-electron chi connectivity index (χ2n) is 9.06. The Morgan fingerprint density at radius 1 is 1.19 bits per heavy atom. The Kier molecular flexibility index (Phi) is 7.03. The molecular formula is C27H30N4O5S. The van der Waals surface area contributed by atoms with Crippen LogP contribution in [-0.2, 0) is 14.3 Å². The monoisotopic (exact) mass is 522 g/mol. The number of rotatable bonds is 6. The first-order chi connectivity index (χ1) is 17.9. The summed E-state index contributed by atoms with van der Waals surface area (Å²) in [6.45, 7) is 6.62. The van der Waals surface area contributed by atoms with Gasteiger partial charge in [0.2, 0.25) is 0 Å². The summed E-state index contributed by atoms with van der Waals surface area (Å²) in [6, 6.07) is 10.9. The summed E-state index contributed by atoms with van der Waals surface area (Å²) in [5.74, 6) is 0.863. The number of furan rings is 1. The molecule has 1 aromatic carbocycles. The van der Waals surface area contributed by atoms with Crippen LogP contribution in [0.25, 0.3) is 6.08 Å². The molecule has 5 rings (SSSR count). The van der Waals surface area contributed by atoms with E-state index in [0.29, 0.717) is 39.6 Å². The van der Waals surface area contributed by atoms with E-state index >= 15 is 0 Å². The maximum Gasteiger partial charge on any atom is 0.338 e. The number of thiazole rings is 1. The van der Waals surface area contributed by atoms with Crippen LogP contribution < -0.4 is 24.7 Å². The fourth-order valence-electron chi connectivity index (χ4n) is 4.56. The molecule has 2 aliphatic heterocycles. The van der Waals surface area contributed by atoms with Gasteiger partial charge in [0.05, 0.1) is 41.7 Å². The molecule has 1 fully saturated rings. The smallest absolute Gasteiger partial charge is 0.338 e. The lowest BCUT2D eigenvalue weighted by atomic mass is 9.95. The SMILES string of the molecule is CCOC(=O)C1=C(C)N=c2sc(=Cc3ccc(N4CCOCC4)o3)c(=O)n2[C@H]1c1ccc(N(C)C)cc1. The van der Waals surface area contributed by atoms with E-state index < -0.39 is 12.0 Å². The number of aromatic nitrogens is 1. The zero-order chi connectivity index (χ0) is 26.1. The number of ether oxygens (including phenoxy) is 2.